The molecular formula is C20H35IN4O2S. The van der Waals surface area contributed by atoms with Crippen LogP contribution in [0.4, 0.5) is 0 Å². The summed E-state index contributed by atoms with van der Waals surface area (Å²) < 4.78 is 26.7. The van der Waals surface area contributed by atoms with Gasteiger partial charge in [-0.25, -0.2) is 8.42 Å². The molecule has 2 N–H and O–H groups in total. The van der Waals surface area contributed by atoms with Gasteiger partial charge in [0.15, 0.2) is 5.96 Å². The van der Waals surface area contributed by atoms with Crippen molar-refractivity contribution in [2.45, 2.75) is 63.9 Å². The number of rotatable bonds is 8. The van der Waals surface area contributed by atoms with Crippen molar-refractivity contribution in [3.8, 4) is 0 Å². The van der Waals surface area contributed by atoms with Gasteiger partial charge in [0.25, 0.3) is 0 Å². The third-order valence-electron chi connectivity index (χ3n) is 4.87. The molecule has 0 amide bonds. The average molecular weight is 522 g/mol. The second kappa shape index (κ2) is 12.0. The summed E-state index contributed by atoms with van der Waals surface area (Å²) in [7, 11) is -1.58. The van der Waals surface area contributed by atoms with E-state index in [4.69, 9.17) is 0 Å². The lowest BCUT2D eigenvalue weighted by Gasteiger charge is -2.19. The van der Waals surface area contributed by atoms with E-state index in [0.29, 0.717) is 36.5 Å². The SMILES string of the molecule is CN=C(NCc1ccc(S(=O)(=O)N2CCCC2)cc1)NC(C)CCC(C)C.I. The van der Waals surface area contributed by atoms with Crippen molar-refractivity contribution in [1.82, 2.24) is 14.9 Å². The highest BCUT2D eigenvalue weighted by Crippen LogP contribution is 2.21. The molecule has 0 aromatic heterocycles. The highest BCUT2D eigenvalue weighted by Gasteiger charge is 2.26. The van der Waals surface area contributed by atoms with Crippen molar-refractivity contribution < 1.29 is 8.42 Å². The van der Waals surface area contributed by atoms with Crippen LogP contribution in [0.3, 0.4) is 0 Å². The minimum Gasteiger partial charge on any atom is -0.354 e. The molecule has 1 unspecified atom stereocenters. The molecule has 1 saturated heterocycles. The number of benzene rings is 1. The Hall–Kier alpha value is -0.870. The van der Waals surface area contributed by atoms with Crippen LogP contribution in [-0.2, 0) is 16.6 Å². The molecule has 1 aromatic rings. The van der Waals surface area contributed by atoms with Gasteiger partial charge in [0.1, 0.15) is 0 Å². The second-order valence-corrected chi connectivity index (χ2v) is 9.64. The lowest BCUT2D eigenvalue weighted by molar-refractivity contribution is 0.477. The maximum atomic E-state index is 12.6. The van der Waals surface area contributed by atoms with Crippen LogP contribution in [-0.4, -0.2) is 44.9 Å². The molecule has 1 aliphatic heterocycles. The molecule has 0 saturated carbocycles. The van der Waals surface area contributed by atoms with Crippen LogP contribution in [0.25, 0.3) is 0 Å². The van der Waals surface area contributed by atoms with Crippen LogP contribution < -0.4 is 10.6 Å². The van der Waals surface area contributed by atoms with Crippen LogP contribution in [0, 0.1) is 5.92 Å². The van der Waals surface area contributed by atoms with Gasteiger partial charge in [0.05, 0.1) is 4.90 Å². The van der Waals surface area contributed by atoms with Crippen molar-refractivity contribution in [3.63, 3.8) is 0 Å². The molecule has 1 aliphatic rings. The molecular weight excluding hydrogens is 487 g/mol. The predicted molar refractivity (Wildman–Crippen MR) is 127 cm³/mol. The summed E-state index contributed by atoms with van der Waals surface area (Å²) in [6.07, 6.45) is 4.17. The first-order valence-corrected chi connectivity index (χ1v) is 11.3. The van der Waals surface area contributed by atoms with E-state index in [9.17, 15) is 8.42 Å². The molecule has 28 heavy (non-hydrogen) atoms. The Kier molecular flexibility index (Phi) is 10.8. The zero-order valence-electron chi connectivity index (χ0n) is 17.4. The summed E-state index contributed by atoms with van der Waals surface area (Å²) >= 11 is 0. The second-order valence-electron chi connectivity index (χ2n) is 7.70. The first-order chi connectivity index (χ1) is 12.8. The van der Waals surface area contributed by atoms with E-state index in [0.717, 1.165) is 30.8 Å². The highest BCUT2D eigenvalue weighted by molar-refractivity contribution is 14.0. The van der Waals surface area contributed by atoms with E-state index in [-0.39, 0.29) is 24.0 Å². The van der Waals surface area contributed by atoms with Gasteiger partial charge in [-0.15, -0.1) is 24.0 Å². The highest BCUT2D eigenvalue weighted by atomic mass is 127. The van der Waals surface area contributed by atoms with E-state index in [2.05, 4.69) is 36.4 Å². The third-order valence-corrected chi connectivity index (χ3v) is 6.78. The summed E-state index contributed by atoms with van der Waals surface area (Å²) in [6.45, 7) is 8.47. The van der Waals surface area contributed by atoms with Crippen molar-refractivity contribution >= 4 is 40.0 Å². The van der Waals surface area contributed by atoms with E-state index in [1.165, 1.54) is 6.42 Å². The minimum absolute atomic E-state index is 0. The molecule has 0 bridgehead atoms. The molecule has 6 nitrogen and oxygen atoms in total. The van der Waals surface area contributed by atoms with Gasteiger partial charge in [0, 0.05) is 32.7 Å². The summed E-state index contributed by atoms with van der Waals surface area (Å²) in [5.74, 6) is 1.46. The van der Waals surface area contributed by atoms with Crippen molar-refractivity contribution in [3.05, 3.63) is 29.8 Å². The molecule has 160 valence electrons. The fraction of sp³-hybridized carbons (Fsp3) is 0.650. The maximum absolute atomic E-state index is 12.6. The smallest absolute Gasteiger partial charge is 0.243 e. The number of hydrogen-bond acceptors (Lipinski definition) is 3. The van der Waals surface area contributed by atoms with E-state index in [1.807, 2.05) is 12.1 Å². The van der Waals surface area contributed by atoms with Gasteiger partial charge in [-0.2, -0.15) is 4.31 Å². The Balaban J connectivity index is 0.00000392. The molecule has 1 fully saturated rings. The molecule has 1 heterocycles. The first-order valence-electron chi connectivity index (χ1n) is 9.89. The van der Waals surface area contributed by atoms with Crippen LogP contribution in [0.2, 0.25) is 0 Å². The predicted octanol–water partition coefficient (Wildman–Crippen LogP) is 3.58. The molecule has 0 spiro atoms. The topological polar surface area (TPSA) is 73.8 Å². The van der Waals surface area contributed by atoms with Gasteiger partial charge in [-0.3, -0.25) is 4.99 Å². The van der Waals surface area contributed by atoms with Crippen molar-refractivity contribution in [1.29, 1.82) is 0 Å². The first kappa shape index (κ1) is 25.2. The number of nitrogens with one attached hydrogen (secondary N) is 2. The van der Waals surface area contributed by atoms with E-state index in [1.54, 1.807) is 23.5 Å². The van der Waals surface area contributed by atoms with Crippen molar-refractivity contribution in [2.24, 2.45) is 10.9 Å². The van der Waals surface area contributed by atoms with Gasteiger partial charge in [0.2, 0.25) is 10.0 Å². The number of hydrogen-bond donors (Lipinski definition) is 2. The Morgan fingerprint density at radius 1 is 1.11 bits per heavy atom. The maximum Gasteiger partial charge on any atom is 0.243 e. The number of sulfonamides is 1. The summed E-state index contributed by atoms with van der Waals surface area (Å²) in [5, 5.41) is 6.70. The summed E-state index contributed by atoms with van der Waals surface area (Å²) in [6, 6.07) is 7.49. The Labute approximate surface area is 187 Å². The van der Waals surface area contributed by atoms with Gasteiger partial charge >= 0.3 is 0 Å². The van der Waals surface area contributed by atoms with Crippen LogP contribution in [0.15, 0.2) is 34.2 Å². The zero-order chi connectivity index (χ0) is 19.9. The normalized spacial score (nSPS) is 16.7. The standard InChI is InChI=1S/C20H34N4O2S.HI/c1-16(2)7-8-17(3)23-20(21-4)22-15-18-9-11-19(12-10-18)27(25,26)24-13-5-6-14-24;/h9-12,16-17H,5-8,13-15H2,1-4H3,(H2,21,22,23);1H. The van der Waals surface area contributed by atoms with Gasteiger partial charge in [-0.05, 0) is 56.2 Å². The molecule has 1 atom stereocenters. The van der Waals surface area contributed by atoms with Crippen LogP contribution >= 0.6 is 24.0 Å². The van der Waals surface area contributed by atoms with Crippen LogP contribution in [0.5, 0.6) is 0 Å². The molecule has 8 heteroatoms. The Morgan fingerprint density at radius 2 is 1.71 bits per heavy atom. The van der Waals surface area contributed by atoms with Crippen molar-refractivity contribution in [2.75, 3.05) is 20.1 Å². The monoisotopic (exact) mass is 522 g/mol. The average Bonchev–Trinajstić information content (AvgIpc) is 3.19. The van der Waals surface area contributed by atoms with E-state index < -0.39 is 10.0 Å². The quantitative estimate of drug-likeness (QED) is 0.311. The zero-order valence-corrected chi connectivity index (χ0v) is 20.6. The Morgan fingerprint density at radius 3 is 2.25 bits per heavy atom. The molecule has 1 aromatic carbocycles. The third kappa shape index (κ3) is 7.51. The lowest BCUT2D eigenvalue weighted by atomic mass is 10.0. The number of halogens is 1. The van der Waals surface area contributed by atoms with Gasteiger partial charge < -0.3 is 10.6 Å². The molecule has 0 radical (unpaired) electrons. The fourth-order valence-electron chi connectivity index (χ4n) is 3.13. The van der Waals surface area contributed by atoms with Gasteiger partial charge in [-0.1, -0.05) is 26.0 Å². The lowest BCUT2D eigenvalue weighted by Crippen LogP contribution is -2.41. The molecule has 0 aliphatic carbocycles. The number of nitrogens with zero attached hydrogens (tertiary/aromatic N) is 2. The number of aliphatic imine (C=N–C) groups is 1. The summed E-state index contributed by atoms with van der Waals surface area (Å²) in [5.41, 5.74) is 1.02. The number of guanidine groups is 1. The minimum atomic E-state index is -3.34. The largest absolute Gasteiger partial charge is 0.354 e. The van der Waals surface area contributed by atoms with E-state index >= 15 is 0 Å². The Bertz CT molecular complexity index is 714. The summed E-state index contributed by atoms with van der Waals surface area (Å²) in [4.78, 5) is 4.64. The fourth-order valence-corrected chi connectivity index (χ4v) is 4.64. The van der Waals surface area contributed by atoms with Crippen LogP contribution in [0.1, 0.15) is 52.0 Å². The molecule has 2 rings (SSSR count).